The van der Waals surface area contributed by atoms with Crippen molar-refractivity contribution in [2.45, 2.75) is 158 Å². The quantitative estimate of drug-likeness (QED) is 0.0534. The molecule has 0 N–H and O–H groups in total. The van der Waals surface area contributed by atoms with E-state index in [-0.39, 0.29) is 61.0 Å². The van der Waals surface area contributed by atoms with Gasteiger partial charge in [-0.2, -0.15) is 0 Å². The Hall–Kier alpha value is -0.660. The zero-order valence-electron chi connectivity index (χ0n) is 32.0. The average Bonchev–Trinajstić information content (AvgIpc) is 3.10. The number of hydrogen-bond acceptors (Lipinski definition) is 10. The van der Waals surface area contributed by atoms with Gasteiger partial charge < -0.3 is 47.4 Å². The maximum atomic E-state index is 5.96. The molecule has 0 aromatic carbocycles. The monoisotopic (exact) mass is 679 g/mol. The van der Waals surface area contributed by atoms with Gasteiger partial charge in [0, 0.05) is 77.5 Å². The molecule has 2 unspecified atom stereocenters. The topological polar surface area (TPSA) is 92.3 Å². The molecule has 282 valence electrons. The van der Waals surface area contributed by atoms with Gasteiger partial charge in [-0.05, 0) is 64.2 Å². The summed E-state index contributed by atoms with van der Waals surface area (Å²) in [5.41, 5.74) is 0. The van der Waals surface area contributed by atoms with Crippen LogP contribution in [0.1, 0.15) is 96.8 Å². The number of hydrogen-bond donors (Lipinski definition) is 0. The van der Waals surface area contributed by atoms with Crippen LogP contribution in [0, 0.1) is 0 Å². The zero-order chi connectivity index (χ0) is 35.5. The Bertz CT molecular complexity index is 698. The maximum absolute atomic E-state index is 5.96. The zero-order valence-corrected chi connectivity index (χ0v) is 32.0. The van der Waals surface area contributed by atoms with E-state index >= 15 is 0 Å². The van der Waals surface area contributed by atoms with E-state index in [0.29, 0.717) is 12.8 Å². The van der Waals surface area contributed by atoms with Crippen LogP contribution in [0.4, 0.5) is 0 Å². The third-order valence-corrected chi connectivity index (χ3v) is 9.62. The average molecular weight is 679 g/mol. The largest absolute Gasteiger partial charge is 0.381 e. The molecule has 0 radical (unpaired) electrons. The van der Waals surface area contributed by atoms with Crippen molar-refractivity contribution in [1.82, 2.24) is 0 Å². The molecule has 0 aliphatic heterocycles. The van der Waals surface area contributed by atoms with Crippen molar-refractivity contribution in [3.05, 3.63) is 12.7 Å². The first-order valence-electron chi connectivity index (χ1n) is 17.6. The highest BCUT2D eigenvalue weighted by atomic mass is 16.5. The summed E-state index contributed by atoms with van der Waals surface area (Å²) in [4.78, 5) is 0. The Kier molecular flexibility index (Phi) is 29.8. The van der Waals surface area contributed by atoms with Gasteiger partial charge >= 0.3 is 0 Å². The molecular formula is C37H74O10. The van der Waals surface area contributed by atoms with Crippen LogP contribution in [-0.2, 0) is 47.4 Å². The highest BCUT2D eigenvalue weighted by Crippen LogP contribution is 2.25. The van der Waals surface area contributed by atoms with Crippen molar-refractivity contribution in [2.75, 3.05) is 71.1 Å². The second kappa shape index (κ2) is 30.2. The van der Waals surface area contributed by atoms with Gasteiger partial charge in [-0.1, -0.05) is 32.3 Å². The summed E-state index contributed by atoms with van der Waals surface area (Å²) in [6.07, 6.45) is 14.1. The first-order chi connectivity index (χ1) is 22.7. The van der Waals surface area contributed by atoms with E-state index in [2.05, 4.69) is 13.5 Å². The molecule has 0 saturated heterocycles. The highest BCUT2D eigenvalue weighted by molar-refractivity contribution is 4.81. The predicted octanol–water partition coefficient (Wildman–Crippen LogP) is 6.80. The van der Waals surface area contributed by atoms with Gasteiger partial charge in [-0.15, -0.1) is 6.58 Å². The fraction of sp³-hybridized carbons (Fsp3) is 0.946. The molecule has 0 bridgehead atoms. The van der Waals surface area contributed by atoms with Gasteiger partial charge in [0.1, 0.15) is 0 Å². The van der Waals surface area contributed by atoms with E-state index in [1.165, 1.54) is 19.3 Å². The molecule has 0 aromatic rings. The van der Waals surface area contributed by atoms with Crippen molar-refractivity contribution in [3.8, 4) is 0 Å². The summed E-state index contributed by atoms with van der Waals surface area (Å²) in [6.45, 7) is 6.06. The number of unbranched alkanes of at least 4 members (excludes halogenated alkanes) is 2. The van der Waals surface area contributed by atoms with Gasteiger partial charge in [-0.3, -0.25) is 0 Å². The molecule has 10 atom stereocenters. The Balaban J connectivity index is 5.21. The molecule has 0 rings (SSSR count). The summed E-state index contributed by atoms with van der Waals surface area (Å²) in [5, 5.41) is 0. The van der Waals surface area contributed by atoms with Crippen LogP contribution in [0.2, 0.25) is 0 Å². The molecule has 0 spiro atoms. The van der Waals surface area contributed by atoms with Crippen LogP contribution in [-0.4, -0.2) is 132 Å². The molecule has 10 heteroatoms. The minimum Gasteiger partial charge on any atom is -0.381 e. The van der Waals surface area contributed by atoms with E-state index in [1.807, 2.05) is 6.08 Å². The molecule has 0 saturated carbocycles. The summed E-state index contributed by atoms with van der Waals surface area (Å²) in [7, 11) is 17.5. The Labute approximate surface area is 288 Å². The van der Waals surface area contributed by atoms with Gasteiger partial charge in [0.05, 0.1) is 61.0 Å². The number of rotatable bonds is 34. The lowest BCUT2D eigenvalue weighted by Gasteiger charge is -2.31. The van der Waals surface area contributed by atoms with Gasteiger partial charge in [0.25, 0.3) is 0 Å². The van der Waals surface area contributed by atoms with Crippen molar-refractivity contribution < 1.29 is 47.4 Å². The van der Waals surface area contributed by atoms with Gasteiger partial charge in [0.2, 0.25) is 0 Å². The minimum absolute atomic E-state index is 0.00622. The standard InChI is InChI=1S/C37H74O10/c1-13-15-16-18-29(39-4)20-31(41-6)22-33(43-8)24-35(45-10)26-37(47-12)27-36(46-11)25-34(44-9)23-32(42-7)21-30(40-5)19-28(38-3)17-14-2/h14,28-37H,2,13,15-27H2,1,3-12H3/t28-,29+,30-,31+,32-,33+,34-,35+,36?,37?/m1/s1. The van der Waals surface area contributed by atoms with Crippen molar-refractivity contribution in [1.29, 1.82) is 0 Å². The second-order valence-electron chi connectivity index (χ2n) is 12.7. The van der Waals surface area contributed by atoms with E-state index in [1.54, 1.807) is 71.1 Å². The van der Waals surface area contributed by atoms with E-state index in [0.717, 1.165) is 57.8 Å². The van der Waals surface area contributed by atoms with E-state index < -0.39 is 0 Å². The van der Waals surface area contributed by atoms with Gasteiger partial charge in [-0.25, -0.2) is 0 Å². The SMILES string of the molecule is C=CC[C@H](C[C@H](C[C@H](C[C@H](CC(CC(C[C@H](C[C@H](C[C@H](C[C@H](CCCCC)OC)OC)OC)OC)OC)OC)OC)OC)OC)OC. The van der Waals surface area contributed by atoms with E-state index in [9.17, 15) is 0 Å². The molecule has 0 aliphatic carbocycles. The number of methoxy groups -OCH3 is 10. The molecule has 47 heavy (non-hydrogen) atoms. The Morgan fingerprint density at radius 1 is 0.362 bits per heavy atom. The van der Waals surface area contributed by atoms with Crippen LogP contribution >= 0.6 is 0 Å². The molecule has 0 amide bonds. The molecule has 0 fully saturated rings. The third-order valence-electron chi connectivity index (χ3n) is 9.62. The van der Waals surface area contributed by atoms with Crippen molar-refractivity contribution >= 4 is 0 Å². The fourth-order valence-corrected chi connectivity index (χ4v) is 6.38. The normalized spacial score (nSPS) is 18.5. The minimum atomic E-state index is -0.0571. The Morgan fingerprint density at radius 3 is 0.809 bits per heavy atom. The Morgan fingerprint density at radius 2 is 0.596 bits per heavy atom. The lowest BCUT2D eigenvalue weighted by molar-refractivity contribution is -0.0602. The molecule has 0 aliphatic rings. The lowest BCUT2D eigenvalue weighted by Crippen LogP contribution is -2.34. The lowest BCUT2D eigenvalue weighted by atomic mass is 9.94. The predicted molar refractivity (Wildman–Crippen MR) is 188 cm³/mol. The molecular weight excluding hydrogens is 604 g/mol. The maximum Gasteiger partial charge on any atom is 0.0630 e. The highest BCUT2D eigenvalue weighted by Gasteiger charge is 2.29. The first-order valence-corrected chi connectivity index (χ1v) is 17.6. The molecule has 0 heterocycles. The molecule has 0 aromatic heterocycles. The summed E-state index contributed by atoms with van der Waals surface area (Å²) in [5.74, 6) is 0. The van der Waals surface area contributed by atoms with E-state index in [4.69, 9.17) is 47.4 Å². The first kappa shape index (κ1) is 46.3. The number of ether oxygens (including phenoxy) is 10. The van der Waals surface area contributed by atoms with Gasteiger partial charge in [0.15, 0.2) is 0 Å². The van der Waals surface area contributed by atoms with Crippen LogP contribution in [0.5, 0.6) is 0 Å². The third kappa shape index (κ3) is 21.2. The van der Waals surface area contributed by atoms with Crippen LogP contribution in [0.15, 0.2) is 12.7 Å². The smallest absolute Gasteiger partial charge is 0.0630 e. The fourth-order valence-electron chi connectivity index (χ4n) is 6.38. The molecule has 10 nitrogen and oxygen atoms in total. The van der Waals surface area contributed by atoms with Crippen molar-refractivity contribution in [3.63, 3.8) is 0 Å². The second-order valence-corrected chi connectivity index (χ2v) is 12.7. The summed E-state index contributed by atoms with van der Waals surface area (Å²) < 4.78 is 58.6. The summed E-state index contributed by atoms with van der Waals surface area (Å²) in [6, 6.07) is 0. The summed E-state index contributed by atoms with van der Waals surface area (Å²) >= 11 is 0. The van der Waals surface area contributed by atoms with Crippen LogP contribution in [0.3, 0.4) is 0 Å². The van der Waals surface area contributed by atoms with Crippen molar-refractivity contribution in [2.24, 2.45) is 0 Å². The van der Waals surface area contributed by atoms with Crippen LogP contribution < -0.4 is 0 Å². The van der Waals surface area contributed by atoms with Crippen LogP contribution in [0.25, 0.3) is 0 Å².